The molecule has 0 unspecified atom stereocenters. The molecule has 0 bridgehead atoms. The number of esters is 1. The normalized spacial score (nSPS) is 14.6. The van der Waals surface area contributed by atoms with Gasteiger partial charge < -0.3 is 23.7 Å². The molecule has 2 heterocycles. The van der Waals surface area contributed by atoms with Crippen LogP contribution in [0.1, 0.15) is 31.0 Å². The molecule has 1 aliphatic heterocycles. The smallest absolute Gasteiger partial charge is 0.338 e. The number of thiazole rings is 1. The zero-order chi connectivity index (χ0) is 29.8. The molecule has 0 aliphatic carbocycles. The van der Waals surface area contributed by atoms with Crippen molar-refractivity contribution in [1.29, 1.82) is 0 Å². The Balaban J connectivity index is 1.97. The lowest BCUT2D eigenvalue weighted by molar-refractivity contribution is -0.139. The summed E-state index contributed by atoms with van der Waals surface area (Å²) < 4.78 is 30.6. The number of halogens is 2. The Hall–Kier alpha value is -3.53. The summed E-state index contributed by atoms with van der Waals surface area (Å²) in [4.78, 5) is 32.3. The van der Waals surface area contributed by atoms with Gasteiger partial charge in [-0.15, -0.1) is 6.42 Å². The summed E-state index contributed by atoms with van der Waals surface area (Å²) in [6.07, 6.45) is 7.06. The number of rotatable bonds is 9. The van der Waals surface area contributed by atoms with E-state index in [0.717, 1.165) is 0 Å². The number of methoxy groups -OCH3 is 3. The van der Waals surface area contributed by atoms with Crippen LogP contribution in [0, 0.1) is 12.3 Å². The monoisotopic (exact) mass is 704 g/mol. The summed E-state index contributed by atoms with van der Waals surface area (Å²) in [6.45, 7) is 3.68. The molecule has 3 aromatic rings. The van der Waals surface area contributed by atoms with Crippen LogP contribution in [0.4, 0.5) is 0 Å². The SMILES string of the molecule is C#CCOc1c(Br)cc(/C=c2\sc3n(c2=O)[C@H](c2cc(OC)c(OC)cc2Br)C(C(=O)OCC)=C(C)N=3)cc1OC. The van der Waals surface area contributed by atoms with Crippen LogP contribution in [0.3, 0.4) is 0 Å². The second-order valence-corrected chi connectivity index (χ2v) is 11.3. The van der Waals surface area contributed by atoms with Crippen LogP contribution < -0.4 is 33.8 Å². The Morgan fingerprint density at radius 2 is 1.78 bits per heavy atom. The fraction of sp³-hybridized carbons (Fsp3) is 0.276. The molecular weight excluding hydrogens is 680 g/mol. The van der Waals surface area contributed by atoms with E-state index in [0.29, 0.717) is 58.1 Å². The molecule has 0 spiro atoms. The summed E-state index contributed by atoms with van der Waals surface area (Å²) >= 11 is 8.31. The van der Waals surface area contributed by atoms with Crippen LogP contribution >= 0.6 is 43.2 Å². The first kappa shape index (κ1) is 30.4. The van der Waals surface area contributed by atoms with E-state index in [4.69, 9.17) is 30.1 Å². The molecule has 1 aromatic heterocycles. The Morgan fingerprint density at radius 3 is 2.41 bits per heavy atom. The second kappa shape index (κ2) is 13.0. The van der Waals surface area contributed by atoms with Crippen LogP contribution in [0.15, 0.2) is 54.3 Å². The highest BCUT2D eigenvalue weighted by molar-refractivity contribution is 9.10. The lowest BCUT2D eigenvalue weighted by atomic mass is 9.95. The van der Waals surface area contributed by atoms with Gasteiger partial charge in [0.2, 0.25) is 0 Å². The van der Waals surface area contributed by atoms with Crippen molar-refractivity contribution in [3.05, 3.63) is 75.3 Å². The van der Waals surface area contributed by atoms with Gasteiger partial charge in [0.15, 0.2) is 27.8 Å². The maximum Gasteiger partial charge on any atom is 0.338 e. The van der Waals surface area contributed by atoms with Crippen molar-refractivity contribution < 1.29 is 28.5 Å². The maximum absolute atomic E-state index is 14.0. The molecule has 12 heteroatoms. The highest BCUT2D eigenvalue weighted by atomic mass is 79.9. The topological polar surface area (TPSA) is 97.6 Å². The summed E-state index contributed by atoms with van der Waals surface area (Å²) in [7, 11) is 4.56. The number of nitrogens with zero attached hydrogens (tertiary/aromatic N) is 2. The molecule has 41 heavy (non-hydrogen) atoms. The first-order chi connectivity index (χ1) is 19.7. The molecule has 214 valence electrons. The average molecular weight is 706 g/mol. The number of fused-ring (bicyclic) bond motifs is 1. The number of allylic oxidation sites excluding steroid dienone is 1. The zero-order valence-corrected chi connectivity index (χ0v) is 26.9. The van der Waals surface area contributed by atoms with Crippen LogP contribution in [-0.4, -0.2) is 45.1 Å². The number of carbonyl (C=O) groups is 1. The molecule has 0 amide bonds. The van der Waals surface area contributed by atoms with E-state index in [1.165, 1.54) is 37.2 Å². The maximum atomic E-state index is 14.0. The van der Waals surface area contributed by atoms with Crippen molar-refractivity contribution in [3.8, 4) is 35.3 Å². The van der Waals surface area contributed by atoms with Gasteiger partial charge >= 0.3 is 5.97 Å². The van der Waals surface area contributed by atoms with E-state index < -0.39 is 12.0 Å². The molecule has 2 aromatic carbocycles. The Morgan fingerprint density at radius 1 is 1.10 bits per heavy atom. The lowest BCUT2D eigenvalue weighted by Gasteiger charge is -2.26. The van der Waals surface area contributed by atoms with Gasteiger partial charge in [0.1, 0.15) is 6.61 Å². The van der Waals surface area contributed by atoms with Gasteiger partial charge in [-0.25, -0.2) is 9.79 Å². The quantitative estimate of drug-likeness (QED) is 0.241. The predicted octanol–water partition coefficient (Wildman–Crippen LogP) is 4.36. The third kappa shape index (κ3) is 5.93. The molecule has 0 fully saturated rings. The van der Waals surface area contributed by atoms with Crippen molar-refractivity contribution in [2.45, 2.75) is 19.9 Å². The van der Waals surface area contributed by atoms with Crippen molar-refractivity contribution in [2.75, 3.05) is 34.5 Å². The Kier molecular flexibility index (Phi) is 9.63. The van der Waals surface area contributed by atoms with E-state index in [1.807, 2.05) is 0 Å². The Bertz CT molecular complexity index is 1770. The summed E-state index contributed by atoms with van der Waals surface area (Å²) in [6, 6.07) is 6.16. The summed E-state index contributed by atoms with van der Waals surface area (Å²) in [5.74, 6) is 3.69. The van der Waals surface area contributed by atoms with Crippen molar-refractivity contribution in [2.24, 2.45) is 4.99 Å². The minimum atomic E-state index is -0.845. The van der Waals surface area contributed by atoms with Gasteiger partial charge in [0.05, 0.1) is 54.3 Å². The molecule has 0 radical (unpaired) electrons. The highest BCUT2D eigenvalue weighted by Crippen LogP contribution is 2.41. The second-order valence-electron chi connectivity index (χ2n) is 8.56. The van der Waals surface area contributed by atoms with E-state index >= 15 is 0 Å². The van der Waals surface area contributed by atoms with E-state index in [9.17, 15) is 9.59 Å². The van der Waals surface area contributed by atoms with Crippen LogP contribution in [0.2, 0.25) is 0 Å². The first-order valence-electron chi connectivity index (χ1n) is 12.2. The highest BCUT2D eigenvalue weighted by Gasteiger charge is 2.35. The number of terminal acetylenes is 1. The van der Waals surface area contributed by atoms with Crippen LogP contribution in [0.25, 0.3) is 6.08 Å². The number of hydrogen-bond donors (Lipinski definition) is 0. The number of carbonyl (C=O) groups excluding carboxylic acids is 1. The number of hydrogen-bond acceptors (Lipinski definition) is 9. The van der Waals surface area contributed by atoms with Gasteiger partial charge in [-0.2, -0.15) is 0 Å². The number of benzene rings is 2. The fourth-order valence-electron chi connectivity index (χ4n) is 4.39. The number of ether oxygens (including phenoxy) is 5. The van der Waals surface area contributed by atoms with Gasteiger partial charge in [-0.05, 0) is 71.2 Å². The van der Waals surface area contributed by atoms with Crippen molar-refractivity contribution in [3.63, 3.8) is 0 Å². The molecule has 9 nitrogen and oxygen atoms in total. The van der Waals surface area contributed by atoms with E-state index in [-0.39, 0.29) is 24.3 Å². The number of aromatic nitrogens is 1. The largest absolute Gasteiger partial charge is 0.493 e. The third-order valence-electron chi connectivity index (χ3n) is 6.16. The Labute approximate surface area is 257 Å². The summed E-state index contributed by atoms with van der Waals surface area (Å²) in [5, 5.41) is 0. The molecule has 0 saturated carbocycles. The molecule has 1 aliphatic rings. The van der Waals surface area contributed by atoms with Crippen LogP contribution in [0.5, 0.6) is 23.0 Å². The van der Waals surface area contributed by atoms with Crippen molar-refractivity contribution in [1.82, 2.24) is 4.57 Å². The standard InChI is InChI=1S/C29H26Br2N2O7S/c1-7-9-40-26-19(31)10-16(11-22(26)38-6)12-23-27(34)33-25(17-13-20(36-4)21(37-5)14-18(17)30)24(28(35)39-8-2)15(3)32-29(33)41-23/h1,10-14,25H,8-9H2,2-6H3/b23-12-/t25-/m1/s1. The fourth-order valence-corrected chi connectivity index (χ4v) is 6.55. The zero-order valence-electron chi connectivity index (χ0n) is 22.9. The average Bonchev–Trinajstić information content (AvgIpc) is 3.25. The molecular formula is C29H26Br2N2O7S. The lowest BCUT2D eigenvalue weighted by Crippen LogP contribution is -2.40. The van der Waals surface area contributed by atoms with Gasteiger partial charge in [-0.1, -0.05) is 33.2 Å². The summed E-state index contributed by atoms with van der Waals surface area (Å²) in [5.41, 5.74) is 1.64. The molecule has 0 N–H and O–H groups in total. The van der Waals surface area contributed by atoms with Crippen molar-refractivity contribution >= 4 is 55.2 Å². The van der Waals surface area contributed by atoms with Gasteiger partial charge in [0, 0.05) is 4.47 Å². The molecule has 1 atom stereocenters. The molecule has 4 rings (SSSR count). The third-order valence-corrected chi connectivity index (χ3v) is 8.42. The minimum absolute atomic E-state index is 0.0702. The minimum Gasteiger partial charge on any atom is -0.493 e. The van der Waals surface area contributed by atoms with Crippen LogP contribution in [-0.2, 0) is 9.53 Å². The van der Waals surface area contributed by atoms with Gasteiger partial charge in [-0.3, -0.25) is 9.36 Å². The van der Waals surface area contributed by atoms with Gasteiger partial charge in [0.25, 0.3) is 5.56 Å². The first-order valence-corrected chi connectivity index (χ1v) is 14.6. The predicted molar refractivity (Wildman–Crippen MR) is 163 cm³/mol. The molecule has 0 saturated heterocycles. The van der Waals surface area contributed by atoms with E-state index in [1.54, 1.807) is 44.2 Å². The van der Waals surface area contributed by atoms with E-state index in [2.05, 4.69) is 42.8 Å².